The Balaban J connectivity index is 3.35. The molecule has 20 heavy (non-hydrogen) atoms. The van der Waals surface area contributed by atoms with Gasteiger partial charge in [-0.1, -0.05) is 80.1 Å². The Hall–Kier alpha value is -0.0400. The first-order valence-electron chi connectivity index (χ1n) is 8.78. The van der Waals surface area contributed by atoms with Crippen molar-refractivity contribution >= 4 is 0 Å². The van der Waals surface area contributed by atoms with Crippen LogP contribution in [0.15, 0.2) is 0 Å². The van der Waals surface area contributed by atoms with Crippen molar-refractivity contribution in [3.63, 3.8) is 0 Å². The molecule has 0 fully saturated rings. The van der Waals surface area contributed by atoms with Gasteiger partial charge in [-0.2, -0.15) is 0 Å². The van der Waals surface area contributed by atoms with Crippen LogP contribution in [0.3, 0.4) is 0 Å². The molecule has 0 amide bonds. The van der Waals surface area contributed by atoms with Gasteiger partial charge in [0.05, 0.1) is 6.10 Å². The van der Waals surface area contributed by atoms with Crippen LogP contribution in [0.2, 0.25) is 0 Å². The lowest BCUT2D eigenvalue weighted by Crippen LogP contribution is -2.08. The van der Waals surface area contributed by atoms with E-state index in [9.17, 15) is 5.11 Å². The van der Waals surface area contributed by atoms with Gasteiger partial charge in [-0.05, 0) is 36.5 Å². The molecule has 0 aliphatic carbocycles. The summed E-state index contributed by atoms with van der Waals surface area (Å²) in [5.41, 5.74) is 0.928. The van der Waals surface area contributed by atoms with Crippen LogP contribution in [-0.2, 0) is 0 Å². The maximum atomic E-state index is 9.97. The van der Waals surface area contributed by atoms with Gasteiger partial charge < -0.3 is 5.11 Å². The number of rotatable bonds is 10. The fraction of sp³-hybridized carbons (Fsp3) is 1.00. The maximum Gasteiger partial charge on any atom is 0.0540 e. The molecule has 1 N–H and O–H groups in total. The van der Waals surface area contributed by atoms with Crippen molar-refractivity contribution in [3.8, 4) is 0 Å². The second-order valence-electron chi connectivity index (χ2n) is 8.97. The normalized spacial score (nSPS) is 13.2. The summed E-state index contributed by atoms with van der Waals surface area (Å²) >= 11 is 0. The SMILES string of the molecule is CC(C)(C)CCCCCC(O)CCCCCC(C)(C)C. The average Bonchev–Trinajstić information content (AvgIpc) is 2.25. The summed E-state index contributed by atoms with van der Waals surface area (Å²) in [6.07, 6.45) is 12.1. The van der Waals surface area contributed by atoms with Crippen molar-refractivity contribution < 1.29 is 5.11 Å². The molecule has 1 nitrogen and oxygen atoms in total. The Labute approximate surface area is 128 Å². The zero-order chi connectivity index (χ0) is 15.6. The summed E-state index contributed by atoms with van der Waals surface area (Å²) in [7, 11) is 0. The van der Waals surface area contributed by atoms with Gasteiger partial charge in [-0.25, -0.2) is 0 Å². The van der Waals surface area contributed by atoms with E-state index in [2.05, 4.69) is 41.5 Å². The average molecular weight is 285 g/mol. The molecule has 0 radical (unpaired) electrons. The minimum absolute atomic E-state index is 0.0562. The van der Waals surface area contributed by atoms with E-state index in [1.165, 1.54) is 51.4 Å². The third-order valence-electron chi connectivity index (χ3n) is 3.93. The van der Waals surface area contributed by atoms with E-state index in [1.54, 1.807) is 0 Å². The van der Waals surface area contributed by atoms with Crippen molar-refractivity contribution in [1.82, 2.24) is 0 Å². The van der Waals surface area contributed by atoms with Gasteiger partial charge in [0.15, 0.2) is 0 Å². The molecule has 0 aromatic rings. The summed E-state index contributed by atoms with van der Waals surface area (Å²) in [5.74, 6) is 0. The lowest BCUT2D eigenvalue weighted by Gasteiger charge is -2.18. The molecular weight excluding hydrogens is 244 g/mol. The van der Waals surface area contributed by atoms with Gasteiger partial charge in [-0.3, -0.25) is 0 Å². The number of unbranched alkanes of at least 4 members (excludes halogenated alkanes) is 4. The molecule has 0 rings (SSSR count). The Morgan fingerprint density at radius 3 is 1.25 bits per heavy atom. The fourth-order valence-corrected chi connectivity index (χ4v) is 2.57. The van der Waals surface area contributed by atoms with Crippen LogP contribution in [-0.4, -0.2) is 11.2 Å². The van der Waals surface area contributed by atoms with Gasteiger partial charge in [0.25, 0.3) is 0 Å². The summed E-state index contributed by atoms with van der Waals surface area (Å²) in [4.78, 5) is 0. The standard InChI is InChI=1S/C19H40O/c1-18(2,3)15-11-7-9-13-17(20)14-10-8-12-16-19(4,5)6/h17,20H,7-16H2,1-6H3. The highest BCUT2D eigenvalue weighted by Crippen LogP contribution is 2.24. The highest BCUT2D eigenvalue weighted by molar-refractivity contribution is 4.64. The molecule has 0 saturated carbocycles. The van der Waals surface area contributed by atoms with Crippen molar-refractivity contribution in [3.05, 3.63) is 0 Å². The predicted octanol–water partition coefficient (Wildman–Crippen LogP) is 6.34. The molecular formula is C19H40O. The van der Waals surface area contributed by atoms with Gasteiger partial charge in [0.1, 0.15) is 0 Å². The van der Waals surface area contributed by atoms with Crippen LogP contribution in [0.5, 0.6) is 0 Å². The van der Waals surface area contributed by atoms with E-state index >= 15 is 0 Å². The molecule has 0 aliphatic rings. The molecule has 0 atom stereocenters. The first-order chi connectivity index (χ1) is 9.10. The number of aliphatic hydroxyl groups excluding tert-OH is 1. The smallest absolute Gasteiger partial charge is 0.0540 e. The zero-order valence-corrected chi connectivity index (χ0v) is 15.1. The van der Waals surface area contributed by atoms with Crippen LogP contribution in [0.1, 0.15) is 106 Å². The molecule has 0 heterocycles. The molecule has 0 unspecified atom stereocenters. The highest BCUT2D eigenvalue weighted by Gasteiger charge is 2.11. The third kappa shape index (κ3) is 16.0. The topological polar surface area (TPSA) is 20.2 Å². The van der Waals surface area contributed by atoms with E-state index in [0.29, 0.717) is 10.8 Å². The van der Waals surface area contributed by atoms with Gasteiger partial charge >= 0.3 is 0 Å². The van der Waals surface area contributed by atoms with Crippen LogP contribution >= 0.6 is 0 Å². The van der Waals surface area contributed by atoms with Gasteiger partial charge in [0, 0.05) is 0 Å². The quantitative estimate of drug-likeness (QED) is 0.464. The van der Waals surface area contributed by atoms with Crippen LogP contribution in [0, 0.1) is 10.8 Å². The van der Waals surface area contributed by atoms with Crippen molar-refractivity contribution in [2.75, 3.05) is 0 Å². The van der Waals surface area contributed by atoms with Crippen molar-refractivity contribution in [2.45, 2.75) is 112 Å². The summed E-state index contributed by atoms with van der Waals surface area (Å²) in [6.45, 7) is 13.8. The van der Waals surface area contributed by atoms with Gasteiger partial charge in [-0.15, -0.1) is 0 Å². The molecule has 0 spiro atoms. The molecule has 1 heteroatoms. The minimum atomic E-state index is -0.0562. The van der Waals surface area contributed by atoms with Gasteiger partial charge in [0.2, 0.25) is 0 Å². The summed E-state index contributed by atoms with van der Waals surface area (Å²) < 4.78 is 0. The fourth-order valence-electron chi connectivity index (χ4n) is 2.57. The Morgan fingerprint density at radius 2 is 0.950 bits per heavy atom. The molecule has 0 aliphatic heterocycles. The second kappa shape index (κ2) is 9.82. The molecule has 0 aromatic heterocycles. The lowest BCUT2D eigenvalue weighted by molar-refractivity contribution is 0.146. The van der Waals surface area contributed by atoms with Crippen molar-refractivity contribution in [2.24, 2.45) is 10.8 Å². The lowest BCUT2D eigenvalue weighted by atomic mass is 9.89. The van der Waals surface area contributed by atoms with E-state index in [4.69, 9.17) is 0 Å². The number of hydrogen-bond acceptors (Lipinski definition) is 1. The Morgan fingerprint density at radius 1 is 0.600 bits per heavy atom. The first-order valence-corrected chi connectivity index (χ1v) is 8.78. The third-order valence-corrected chi connectivity index (χ3v) is 3.93. The van der Waals surface area contributed by atoms with Crippen LogP contribution < -0.4 is 0 Å². The van der Waals surface area contributed by atoms with Crippen molar-refractivity contribution in [1.29, 1.82) is 0 Å². The van der Waals surface area contributed by atoms with E-state index in [0.717, 1.165) is 12.8 Å². The summed E-state index contributed by atoms with van der Waals surface area (Å²) in [5, 5.41) is 9.97. The number of hydrogen-bond donors (Lipinski definition) is 1. The molecule has 122 valence electrons. The first kappa shape index (κ1) is 20.0. The van der Waals surface area contributed by atoms with Crippen LogP contribution in [0.4, 0.5) is 0 Å². The minimum Gasteiger partial charge on any atom is -0.393 e. The maximum absolute atomic E-state index is 9.97. The zero-order valence-electron chi connectivity index (χ0n) is 15.1. The molecule has 0 saturated heterocycles. The molecule has 0 aromatic carbocycles. The summed E-state index contributed by atoms with van der Waals surface area (Å²) in [6, 6.07) is 0. The second-order valence-corrected chi connectivity index (χ2v) is 8.97. The predicted molar refractivity (Wildman–Crippen MR) is 91.1 cm³/mol. The monoisotopic (exact) mass is 284 g/mol. The van der Waals surface area contributed by atoms with E-state index in [-0.39, 0.29) is 6.10 Å². The van der Waals surface area contributed by atoms with Crippen LogP contribution in [0.25, 0.3) is 0 Å². The Kier molecular flexibility index (Phi) is 9.80. The molecule has 0 bridgehead atoms. The highest BCUT2D eigenvalue weighted by atomic mass is 16.3. The largest absolute Gasteiger partial charge is 0.393 e. The van der Waals surface area contributed by atoms with E-state index in [1.807, 2.05) is 0 Å². The Bertz CT molecular complexity index is 195. The van der Waals surface area contributed by atoms with E-state index < -0.39 is 0 Å². The number of aliphatic hydroxyl groups is 1.